The third kappa shape index (κ3) is 3.60. The molecule has 0 aliphatic carbocycles. The van der Waals surface area contributed by atoms with E-state index >= 15 is 0 Å². The van der Waals surface area contributed by atoms with E-state index in [1.165, 1.54) is 11.3 Å². The van der Waals surface area contributed by atoms with Crippen LogP contribution in [0.4, 0.5) is 0 Å². The van der Waals surface area contributed by atoms with Crippen LogP contribution in [0.2, 0.25) is 0 Å². The minimum absolute atomic E-state index is 0.00394. The molecule has 5 heteroatoms. The smallest absolute Gasteiger partial charge is 0.225 e. The van der Waals surface area contributed by atoms with E-state index in [1.54, 1.807) is 6.08 Å². The van der Waals surface area contributed by atoms with Gasteiger partial charge in [-0.2, -0.15) is 0 Å². The third-order valence-corrected chi connectivity index (χ3v) is 3.32. The molecular formula is C10H14N2OS2. The van der Waals surface area contributed by atoms with Gasteiger partial charge in [0.25, 0.3) is 0 Å². The first-order valence-corrected chi connectivity index (χ1v) is 5.86. The van der Waals surface area contributed by atoms with Crippen molar-refractivity contribution in [2.24, 2.45) is 0 Å². The average Bonchev–Trinajstić information content (AvgIpc) is 2.44. The van der Waals surface area contributed by atoms with Gasteiger partial charge in [-0.3, -0.25) is 4.79 Å². The van der Waals surface area contributed by atoms with E-state index in [2.05, 4.69) is 16.9 Å². The summed E-state index contributed by atoms with van der Waals surface area (Å²) in [6.45, 7) is 7.42. The number of carbonyl (C=O) groups is 1. The maximum absolute atomic E-state index is 11.5. The minimum Gasteiger partial charge on any atom is -0.350 e. The van der Waals surface area contributed by atoms with Crippen molar-refractivity contribution in [1.82, 2.24) is 10.3 Å². The highest BCUT2D eigenvalue weighted by molar-refractivity contribution is 7.73. The van der Waals surface area contributed by atoms with Gasteiger partial charge in [0.1, 0.15) is 0 Å². The molecule has 1 aromatic heterocycles. The average molecular weight is 242 g/mol. The lowest BCUT2D eigenvalue weighted by Crippen LogP contribution is -2.32. The number of aromatic nitrogens is 1. The summed E-state index contributed by atoms with van der Waals surface area (Å²) >= 11 is 6.45. The van der Waals surface area contributed by atoms with E-state index in [0.717, 1.165) is 10.6 Å². The molecule has 1 heterocycles. The van der Waals surface area contributed by atoms with Gasteiger partial charge in [-0.25, -0.2) is 0 Å². The summed E-state index contributed by atoms with van der Waals surface area (Å²) in [6, 6.07) is 0.00437. The topological polar surface area (TPSA) is 44.9 Å². The molecule has 0 saturated carbocycles. The second-order valence-electron chi connectivity index (χ2n) is 3.33. The van der Waals surface area contributed by atoms with Crippen molar-refractivity contribution >= 4 is 29.5 Å². The summed E-state index contributed by atoms with van der Waals surface area (Å²) in [5.74, 6) is -0.00394. The molecule has 82 valence electrons. The number of hydrogen-bond acceptors (Lipinski definition) is 3. The van der Waals surface area contributed by atoms with Crippen molar-refractivity contribution in [2.75, 3.05) is 0 Å². The fraction of sp³-hybridized carbons (Fsp3) is 0.400. The molecule has 0 bridgehead atoms. The van der Waals surface area contributed by atoms with Crippen LogP contribution in [0, 0.1) is 10.9 Å². The highest BCUT2D eigenvalue weighted by Crippen LogP contribution is 2.14. The Bertz CT molecular complexity index is 419. The summed E-state index contributed by atoms with van der Waals surface area (Å²) in [4.78, 5) is 15.6. The standard InChI is InChI=1S/C10H14N2OS2/c1-4-6(2)11-9(13)5-8-7(3)12-10(14)15-8/h4,6H,1,5H2,2-3H3,(H,11,13)(H,12,14). The molecule has 1 amide bonds. The van der Waals surface area contributed by atoms with E-state index in [4.69, 9.17) is 12.2 Å². The SMILES string of the molecule is C=CC(C)NC(=O)Cc1sc(=S)[nH]c1C. The van der Waals surface area contributed by atoms with Gasteiger partial charge in [-0.1, -0.05) is 6.08 Å². The van der Waals surface area contributed by atoms with Gasteiger partial charge >= 0.3 is 0 Å². The van der Waals surface area contributed by atoms with Crippen LogP contribution < -0.4 is 5.32 Å². The van der Waals surface area contributed by atoms with Crippen molar-refractivity contribution < 1.29 is 4.79 Å². The molecule has 0 spiro atoms. The first-order chi connectivity index (χ1) is 7.02. The molecule has 0 fully saturated rings. The number of amides is 1. The lowest BCUT2D eigenvalue weighted by atomic mass is 10.2. The van der Waals surface area contributed by atoms with Crippen molar-refractivity contribution in [1.29, 1.82) is 0 Å². The Balaban J connectivity index is 2.62. The summed E-state index contributed by atoms with van der Waals surface area (Å²) in [6.07, 6.45) is 2.08. The molecule has 0 aromatic carbocycles. The normalized spacial score (nSPS) is 12.1. The molecule has 1 unspecified atom stereocenters. The highest BCUT2D eigenvalue weighted by Gasteiger charge is 2.09. The predicted molar refractivity (Wildman–Crippen MR) is 65.7 cm³/mol. The first kappa shape index (κ1) is 12.1. The van der Waals surface area contributed by atoms with Crippen molar-refractivity contribution in [3.05, 3.63) is 27.2 Å². The van der Waals surface area contributed by atoms with Gasteiger partial charge in [0.15, 0.2) is 3.95 Å². The quantitative estimate of drug-likeness (QED) is 0.629. The number of nitrogens with one attached hydrogen (secondary N) is 2. The third-order valence-electron chi connectivity index (χ3n) is 1.99. The minimum atomic E-state index is -0.00394. The number of aromatic amines is 1. The largest absolute Gasteiger partial charge is 0.350 e. The Morgan fingerprint density at radius 3 is 2.93 bits per heavy atom. The van der Waals surface area contributed by atoms with E-state index in [9.17, 15) is 4.79 Å². The molecule has 0 aliphatic rings. The monoisotopic (exact) mass is 242 g/mol. The van der Waals surface area contributed by atoms with E-state index in [0.29, 0.717) is 10.4 Å². The summed E-state index contributed by atoms with van der Waals surface area (Å²) in [5, 5.41) is 2.82. The number of H-pyrrole nitrogens is 1. The lowest BCUT2D eigenvalue weighted by molar-refractivity contribution is -0.120. The van der Waals surface area contributed by atoms with Crippen LogP contribution in [0.3, 0.4) is 0 Å². The second-order valence-corrected chi connectivity index (χ2v) is 5.10. The Hall–Kier alpha value is -0.940. The summed E-state index contributed by atoms with van der Waals surface area (Å²) in [5.41, 5.74) is 0.978. The zero-order chi connectivity index (χ0) is 11.4. The molecule has 0 aliphatic heterocycles. The first-order valence-electron chi connectivity index (χ1n) is 4.63. The summed E-state index contributed by atoms with van der Waals surface area (Å²) in [7, 11) is 0. The lowest BCUT2D eigenvalue weighted by Gasteiger charge is -2.08. The fourth-order valence-corrected chi connectivity index (χ4v) is 2.41. The van der Waals surface area contributed by atoms with Gasteiger partial charge in [0.2, 0.25) is 5.91 Å². The zero-order valence-corrected chi connectivity index (χ0v) is 10.4. The van der Waals surface area contributed by atoms with Crippen LogP contribution >= 0.6 is 23.6 Å². The molecule has 15 heavy (non-hydrogen) atoms. The molecule has 1 rings (SSSR count). The molecule has 0 saturated heterocycles. The Morgan fingerprint density at radius 1 is 1.80 bits per heavy atom. The Morgan fingerprint density at radius 2 is 2.47 bits per heavy atom. The van der Waals surface area contributed by atoms with Gasteiger partial charge in [-0.15, -0.1) is 17.9 Å². The molecule has 3 nitrogen and oxygen atoms in total. The molecule has 1 atom stereocenters. The maximum atomic E-state index is 11.5. The number of thiazole rings is 1. The van der Waals surface area contributed by atoms with Crippen molar-refractivity contribution in [3.63, 3.8) is 0 Å². The molecule has 0 radical (unpaired) electrons. The van der Waals surface area contributed by atoms with Gasteiger partial charge in [0.05, 0.1) is 6.42 Å². The van der Waals surface area contributed by atoms with Crippen molar-refractivity contribution in [2.45, 2.75) is 26.3 Å². The Kier molecular flexibility index (Phi) is 4.23. The van der Waals surface area contributed by atoms with Gasteiger partial charge in [-0.05, 0) is 26.1 Å². The van der Waals surface area contributed by atoms with Crippen LogP contribution in [0.5, 0.6) is 0 Å². The van der Waals surface area contributed by atoms with Gasteiger partial charge in [0, 0.05) is 16.6 Å². The molecular weight excluding hydrogens is 228 g/mol. The second kappa shape index (κ2) is 5.23. The number of carbonyl (C=O) groups excluding carboxylic acids is 1. The number of rotatable bonds is 4. The van der Waals surface area contributed by atoms with E-state index in [-0.39, 0.29) is 11.9 Å². The van der Waals surface area contributed by atoms with Crippen LogP contribution in [-0.4, -0.2) is 16.9 Å². The van der Waals surface area contributed by atoms with Crippen LogP contribution in [0.1, 0.15) is 17.5 Å². The van der Waals surface area contributed by atoms with E-state index < -0.39 is 0 Å². The Labute approximate surface area is 98.2 Å². The molecule has 2 N–H and O–H groups in total. The maximum Gasteiger partial charge on any atom is 0.225 e. The summed E-state index contributed by atoms with van der Waals surface area (Å²) < 4.78 is 0.715. The predicted octanol–water partition coefficient (Wildman–Crippen LogP) is 2.35. The van der Waals surface area contributed by atoms with Gasteiger partial charge < -0.3 is 10.3 Å². The number of hydrogen-bond donors (Lipinski definition) is 2. The highest BCUT2D eigenvalue weighted by atomic mass is 32.1. The van der Waals surface area contributed by atoms with Crippen LogP contribution in [0.15, 0.2) is 12.7 Å². The van der Waals surface area contributed by atoms with Crippen LogP contribution in [-0.2, 0) is 11.2 Å². The molecule has 1 aromatic rings. The fourth-order valence-electron chi connectivity index (χ4n) is 1.12. The van der Waals surface area contributed by atoms with E-state index in [1.807, 2.05) is 13.8 Å². The number of aryl methyl sites for hydroxylation is 1. The van der Waals surface area contributed by atoms with Crippen molar-refractivity contribution in [3.8, 4) is 0 Å². The van der Waals surface area contributed by atoms with Crippen LogP contribution in [0.25, 0.3) is 0 Å². The zero-order valence-electron chi connectivity index (χ0n) is 8.79.